The molecular formula is C28H31FN10O3S2. The topological polar surface area (TPSA) is 146 Å². The average molecular weight is 639 g/mol. The Kier molecular flexibility index (Phi) is 8.20. The number of anilines is 3. The molecule has 5 heterocycles. The minimum absolute atomic E-state index is 0.102. The van der Waals surface area contributed by atoms with Crippen molar-refractivity contribution in [3.63, 3.8) is 0 Å². The van der Waals surface area contributed by atoms with Crippen molar-refractivity contribution < 1.29 is 19.1 Å². The van der Waals surface area contributed by atoms with E-state index in [0.717, 1.165) is 11.5 Å². The lowest BCUT2D eigenvalue weighted by Crippen LogP contribution is -2.62. The molecule has 0 radical (unpaired) electrons. The van der Waals surface area contributed by atoms with Gasteiger partial charge in [0.15, 0.2) is 10.9 Å². The number of nitrogens with zero attached hydrogens (tertiary/aromatic N) is 9. The third-order valence-electron chi connectivity index (χ3n) is 7.88. The molecule has 0 saturated carbocycles. The highest BCUT2D eigenvalue weighted by atomic mass is 32.1. The van der Waals surface area contributed by atoms with Crippen LogP contribution in [0.5, 0.6) is 0 Å². The number of aromatic nitrogens is 4. The molecule has 6 rings (SSSR count). The van der Waals surface area contributed by atoms with Crippen molar-refractivity contribution in [2.45, 2.75) is 25.5 Å². The van der Waals surface area contributed by atoms with Crippen LogP contribution in [0.3, 0.4) is 0 Å². The zero-order valence-electron chi connectivity index (χ0n) is 24.4. The Balaban J connectivity index is 1.26. The van der Waals surface area contributed by atoms with E-state index in [1.165, 1.54) is 34.8 Å². The molecule has 2 amide bonds. The molecule has 0 bridgehead atoms. The van der Waals surface area contributed by atoms with Crippen molar-refractivity contribution in [2.75, 3.05) is 63.2 Å². The number of aliphatic hydroxyl groups excluding tert-OH is 1. The van der Waals surface area contributed by atoms with E-state index in [-0.39, 0.29) is 24.2 Å². The molecule has 16 heteroatoms. The summed E-state index contributed by atoms with van der Waals surface area (Å²) < 4.78 is 15.3. The first-order valence-electron chi connectivity index (χ1n) is 14.2. The second-order valence-corrected chi connectivity index (χ2v) is 12.6. The van der Waals surface area contributed by atoms with Crippen molar-refractivity contribution in [2.24, 2.45) is 0 Å². The second-order valence-electron chi connectivity index (χ2n) is 10.7. The number of thiazole rings is 1. The number of nitriles is 1. The van der Waals surface area contributed by atoms with Crippen molar-refractivity contribution in [3.05, 3.63) is 40.7 Å². The summed E-state index contributed by atoms with van der Waals surface area (Å²) in [6.07, 6.45) is 0.165. The largest absolute Gasteiger partial charge is 0.389 e. The van der Waals surface area contributed by atoms with Gasteiger partial charge in [-0.15, -0.1) is 5.10 Å². The van der Waals surface area contributed by atoms with Gasteiger partial charge in [-0.25, -0.2) is 14.4 Å². The van der Waals surface area contributed by atoms with Crippen LogP contribution in [0.25, 0.3) is 16.2 Å². The van der Waals surface area contributed by atoms with Gasteiger partial charge in [0.05, 0.1) is 18.3 Å². The Morgan fingerprint density at radius 3 is 2.59 bits per heavy atom. The number of carbonyl (C=O) groups is 2. The Morgan fingerprint density at radius 1 is 1.18 bits per heavy atom. The molecule has 2 fully saturated rings. The second kappa shape index (κ2) is 12.1. The zero-order valence-corrected chi connectivity index (χ0v) is 26.0. The molecule has 2 saturated heterocycles. The molecule has 1 atom stereocenters. The fourth-order valence-electron chi connectivity index (χ4n) is 5.42. The monoisotopic (exact) mass is 638 g/mol. The standard InChI is InChI=1S/C28H31FN10O3S2/c1-4-19-25(35(3)26-33-23(21(11-30)43-26)16-5-7-17(29)8-6-16)39-27(32-19)44-28(34-39)37-10-9-36(20(14-37)24(42)31-2)15-22(41)38-12-18(40)13-38/h5-8,18,20,40H,4,9-10,12-15H2,1-3H3,(H,31,42)/t20-/m1/s1. The van der Waals surface area contributed by atoms with Crippen LogP contribution >= 0.6 is 22.7 Å². The first-order chi connectivity index (χ1) is 21.2. The third-order valence-corrected chi connectivity index (χ3v) is 9.88. The van der Waals surface area contributed by atoms with Crippen LogP contribution in [-0.4, -0.2) is 112 Å². The molecule has 0 spiro atoms. The highest BCUT2D eigenvalue weighted by Gasteiger charge is 2.37. The van der Waals surface area contributed by atoms with Gasteiger partial charge in [-0.2, -0.15) is 9.78 Å². The van der Waals surface area contributed by atoms with Crippen LogP contribution in [-0.2, 0) is 16.0 Å². The van der Waals surface area contributed by atoms with Crippen molar-refractivity contribution in [1.29, 1.82) is 5.26 Å². The summed E-state index contributed by atoms with van der Waals surface area (Å²) in [7, 11) is 3.43. The number of nitrogens with one attached hydrogen (secondary N) is 1. The minimum Gasteiger partial charge on any atom is -0.389 e. The summed E-state index contributed by atoms with van der Waals surface area (Å²) in [6.45, 7) is 4.15. The fraction of sp³-hybridized carbons (Fsp3) is 0.429. The summed E-state index contributed by atoms with van der Waals surface area (Å²) in [5.74, 6) is 0.0692. The number of β-amino-alcohol motifs (C(OH)–C–C–N with tert-alkyl or cyclic N) is 1. The Labute approximate surface area is 260 Å². The van der Waals surface area contributed by atoms with E-state index in [0.29, 0.717) is 70.5 Å². The lowest BCUT2D eigenvalue weighted by Gasteiger charge is -2.42. The number of hydrogen-bond donors (Lipinski definition) is 2. The average Bonchev–Trinajstić information content (AvgIpc) is 3.72. The summed E-state index contributed by atoms with van der Waals surface area (Å²) >= 11 is 2.65. The van der Waals surface area contributed by atoms with Gasteiger partial charge in [-0.05, 0) is 30.7 Å². The quantitative estimate of drug-likeness (QED) is 0.292. The number of rotatable bonds is 8. The third kappa shape index (κ3) is 5.47. The molecule has 44 heavy (non-hydrogen) atoms. The number of likely N-dealkylation sites (N-methyl/N-ethyl adjacent to an activating group) is 1. The number of fused-ring (bicyclic) bond motifs is 1. The molecule has 0 aliphatic carbocycles. The normalized spacial score (nSPS) is 17.5. The summed E-state index contributed by atoms with van der Waals surface area (Å²) in [4.78, 5) is 43.6. The number of benzene rings is 1. The summed E-state index contributed by atoms with van der Waals surface area (Å²) in [5, 5.41) is 28.3. The molecule has 3 aromatic heterocycles. The van der Waals surface area contributed by atoms with Gasteiger partial charge in [-0.3, -0.25) is 14.5 Å². The van der Waals surface area contributed by atoms with E-state index in [9.17, 15) is 24.3 Å². The number of halogens is 1. The number of hydrogen-bond acceptors (Lipinski definition) is 12. The van der Waals surface area contributed by atoms with E-state index < -0.39 is 12.1 Å². The Bertz CT molecular complexity index is 1740. The van der Waals surface area contributed by atoms with Gasteiger partial charge in [-0.1, -0.05) is 29.6 Å². The van der Waals surface area contributed by atoms with Crippen LogP contribution in [0.4, 0.5) is 20.5 Å². The van der Waals surface area contributed by atoms with Crippen molar-refractivity contribution >= 4 is 55.5 Å². The van der Waals surface area contributed by atoms with Crippen LogP contribution in [0.15, 0.2) is 24.3 Å². The van der Waals surface area contributed by atoms with Crippen LogP contribution in [0.2, 0.25) is 0 Å². The maximum absolute atomic E-state index is 13.5. The van der Waals surface area contributed by atoms with Gasteiger partial charge in [0, 0.05) is 52.4 Å². The smallest absolute Gasteiger partial charge is 0.238 e. The van der Waals surface area contributed by atoms with Crippen molar-refractivity contribution in [3.8, 4) is 17.3 Å². The van der Waals surface area contributed by atoms with Crippen LogP contribution in [0, 0.1) is 17.1 Å². The Hall–Kier alpha value is -4.17. The predicted molar refractivity (Wildman–Crippen MR) is 165 cm³/mol. The summed E-state index contributed by atoms with van der Waals surface area (Å²) in [6, 6.07) is 7.55. The lowest BCUT2D eigenvalue weighted by atomic mass is 10.1. The van der Waals surface area contributed by atoms with Gasteiger partial charge in [0.1, 0.15) is 28.5 Å². The van der Waals surface area contributed by atoms with Crippen LogP contribution in [0.1, 0.15) is 17.5 Å². The molecule has 230 valence electrons. The molecule has 2 N–H and O–H groups in total. The van der Waals surface area contributed by atoms with Crippen molar-refractivity contribution in [1.82, 2.24) is 34.7 Å². The van der Waals surface area contributed by atoms with E-state index in [1.807, 2.05) is 28.7 Å². The number of amides is 2. The summed E-state index contributed by atoms with van der Waals surface area (Å²) in [5.41, 5.74) is 1.95. The zero-order chi connectivity index (χ0) is 31.1. The first-order valence-corrected chi connectivity index (χ1v) is 15.8. The first kappa shape index (κ1) is 29.9. The number of imidazole rings is 1. The molecule has 13 nitrogen and oxygen atoms in total. The fourth-order valence-corrected chi connectivity index (χ4v) is 7.22. The number of piperazine rings is 1. The molecule has 1 aromatic carbocycles. The van der Waals surface area contributed by atoms with E-state index in [1.54, 1.807) is 28.6 Å². The predicted octanol–water partition coefficient (Wildman–Crippen LogP) is 1.70. The van der Waals surface area contributed by atoms with Crippen LogP contribution < -0.4 is 15.1 Å². The molecule has 4 aromatic rings. The molecule has 0 unspecified atom stereocenters. The van der Waals surface area contributed by atoms with Gasteiger partial charge in [0.25, 0.3) is 0 Å². The maximum Gasteiger partial charge on any atom is 0.238 e. The highest BCUT2D eigenvalue weighted by Crippen LogP contribution is 2.38. The molecule has 2 aliphatic rings. The number of likely N-dealkylation sites (tertiary alicyclic amines) is 1. The molecular weight excluding hydrogens is 608 g/mol. The van der Waals surface area contributed by atoms with E-state index in [2.05, 4.69) is 11.4 Å². The Morgan fingerprint density at radius 2 is 1.93 bits per heavy atom. The lowest BCUT2D eigenvalue weighted by molar-refractivity contribution is -0.144. The van der Waals surface area contributed by atoms with Gasteiger partial charge < -0.3 is 25.1 Å². The highest BCUT2D eigenvalue weighted by molar-refractivity contribution is 7.20. The van der Waals surface area contributed by atoms with Gasteiger partial charge >= 0.3 is 0 Å². The number of carbonyl (C=O) groups excluding carboxylic acids is 2. The maximum atomic E-state index is 13.5. The number of aryl methyl sites for hydroxylation is 1. The van der Waals surface area contributed by atoms with E-state index in [4.69, 9.17) is 15.1 Å². The number of aliphatic hydroxyl groups is 1. The van der Waals surface area contributed by atoms with E-state index >= 15 is 0 Å². The SMILES string of the molecule is CCc1nc2sc(N3CCN(CC(=O)N4CC(O)C4)[C@@H](C(=O)NC)C3)nn2c1N(C)c1nc(-c2ccc(F)cc2)c(C#N)s1. The minimum atomic E-state index is -0.557. The molecule has 2 aliphatic heterocycles. The van der Waals surface area contributed by atoms with Gasteiger partial charge in [0.2, 0.25) is 21.9 Å².